The van der Waals surface area contributed by atoms with Gasteiger partial charge >= 0.3 is 0 Å². The monoisotopic (exact) mass is 450 g/mol. The van der Waals surface area contributed by atoms with Crippen LogP contribution in [0.1, 0.15) is 74.4 Å². The molecule has 4 nitrogen and oxygen atoms in total. The van der Waals surface area contributed by atoms with Crippen molar-refractivity contribution in [2.24, 2.45) is 4.99 Å². The molecule has 0 aliphatic heterocycles. The van der Waals surface area contributed by atoms with Gasteiger partial charge in [0.05, 0.1) is 23.4 Å². The van der Waals surface area contributed by atoms with Crippen molar-refractivity contribution in [1.82, 2.24) is 9.55 Å². The maximum atomic E-state index is 4.88. The van der Waals surface area contributed by atoms with Gasteiger partial charge in [0.15, 0.2) is 0 Å². The maximum absolute atomic E-state index is 4.88. The lowest BCUT2D eigenvalue weighted by Crippen LogP contribution is -2.06. The van der Waals surface area contributed by atoms with Crippen molar-refractivity contribution >= 4 is 23.1 Å². The van der Waals surface area contributed by atoms with Crippen LogP contribution in [0.4, 0.5) is 5.69 Å². The SMILES string of the molecule is Cc1nc2cc(C3CC3/N=C/Nc3c(C(C)C)cccc3C(C)C)ccc2n1-c1ccccc1. The van der Waals surface area contributed by atoms with Gasteiger partial charge < -0.3 is 5.32 Å². The Hall–Kier alpha value is -3.40. The van der Waals surface area contributed by atoms with Gasteiger partial charge in [0, 0.05) is 17.3 Å². The summed E-state index contributed by atoms with van der Waals surface area (Å²) in [6.45, 7) is 11.1. The molecule has 1 heterocycles. The Labute approximate surface area is 202 Å². The number of fused-ring (bicyclic) bond motifs is 1. The van der Waals surface area contributed by atoms with Crippen LogP contribution in [-0.4, -0.2) is 21.9 Å². The van der Waals surface area contributed by atoms with Crippen LogP contribution in [0.5, 0.6) is 0 Å². The van der Waals surface area contributed by atoms with Crippen molar-refractivity contribution in [3.05, 3.63) is 89.2 Å². The third kappa shape index (κ3) is 4.25. The lowest BCUT2D eigenvalue weighted by molar-refractivity contribution is 0.839. The van der Waals surface area contributed by atoms with E-state index >= 15 is 0 Å². The zero-order chi connectivity index (χ0) is 23.8. The first-order valence-corrected chi connectivity index (χ1v) is 12.4. The molecule has 1 fully saturated rings. The van der Waals surface area contributed by atoms with Gasteiger partial charge in [-0.05, 0) is 66.1 Å². The Balaban J connectivity index is 1.33. The molecule has 1 saturated carbocycles. The molecule has 34 heavy (non-hydrogen) atoms. The number of aliphatic imine (C=N–C) groups is 1. The summed E-state index contributed by atoms with van der Waals surface area (Å²) in [7, 11) is 0. The predicted molar refractivity (Wildman–Crippen MR) is 144 cm³/mol. The minimum Gasteiger partial charge on any atom is -0.346 e. The molecule has 1 N–H and O–H groups in total. The predicted octanol–water partition coefficient (Wildman–Crippen LogP) is 7.58. The maximum Gasteiger partial charge on any atom is 0.111 e. The van der Waals surface area contributed by atoms with Crippen LogP contribution in [0.2, 0.25) is 0 Å². The van der Waals surface area contributed by atoms with E-state index in [1.54, 1.807) is 0 Å². The van der Waals surface area contributed by atoms with Gasteiger partial charge in [-0.15, -0.1) is 0 Å². The normalized spacial score (nSPS) is 17.9. The molecule has 2 unspecified atom stereocenters. The number of nitrogens with zero attached hydrogens (tertiary/aromatic N) is 3. The second kappa shape index (κ2) is 9.09. The number of hydrogen-bond donors (Lipinski definition) is 1. The molecule has 174 valence electrons. The number of nitrogens with one attached hydrogen (secondary N) is 1. The Morgan fingerprint density at radius 2 is 1.65 bits per heavy atom. The number of para-hydroxylation sites is 2. The first-order valence-electron chi connectivity index (χ1n) is 12.4. The van der Waals surface area contributed by atoms with Crippen molar-refractivity contribution in [3.8, 4) is 5.69 Å². The van der Waals surface area contributed by atoms with Crippen LogP contribution in [0.3, 0.4) is 0 Å². The average molecular weight is 451 g/mol. The molecule has 0 spiro atoms. The molecule has 0 radical (unpaired) electrons. The zero-order valence-corrected chi connectivity index (χ0v) is 20.8. The van der Waals surface area contributed by atoms with Crippen molar-refractivity contribution in [2.75, 3.05) is 5.32 Å². The summed E-state index contributed by atoms with van der Waals surface area (Å²) in [5.74, 6) is 2.41. The van der Waals surface area contributed by atoms with Crippen molar-refractivity contribution < 1.29 is 0 Å². The smallest absolute Gasteiger partial charge is 0.111 e. The first-order chi connectivity index (χ1) is 16.4. The zero-order valence-electron chi connectivity index (χ0n) is 20.8. The van der Waals surface area contributed by atoms with Crippen molar-refractivity contribution in [1.29, 1.82) is 0 Å². The summed E-state index contributed by atoms with van der Waals surface area (Å²) in [4.78, 5) is 9.73. The van der Waals surface area contributed by atoms with Gasteiger partial charge in [0.2, 0.25) is 0 Å². The van der Waals surface area contributed by atoms with Crippen LogP contribution >= 0.6 is 0 Å². The van der Waals surface area contributed by atoms with Crippen LogP contribution < -0.4 is 5.32 Å². The molecule has 4 heteroatoms. The quantitative estimate of drug-likeness (QED) is 0.233. The number of rotatable bonds is 7. The number of aromatic nitrogens is 2. The van der Waals surface area contributed by atoms with E-state index in [0.717, 1.165) is 29.0 Å². The third-order valence-corrected chi connectivity index (χ3v) is 6.89. The molecular weight excluding hydrogens is 416 g/mol. The van der Waals surface area contributed by atoms with E-state index in [-0.39, 0.29) is 0 Å². The number of anilines is 1. The van der Waals surface area contributed by atoms with Gasteiger partial charge in [-0.3, -0.25) is 9.56 Å². The Morgan fingerprint density at radius 3 is 2.32 bits per heavy atom. The summed E-state index contributed by atoms with van der Waals surface area (Å²) in [5.41, 5.74) is 8.60. The van der Waals surface area contributed by atoms with E-state index in [0.29, 0.717) is 23.8 Å². The molecule has 5 rings (SSSR count). The Morgan fingerprint density at radius 1 is 0.941 bits per heavy atom. The van der Waals surface area contributed by atoms with E-state index < -0.39 is 0 Å². The molecule has 1 aliphatic carbocycles. The first kappa shape index (κ1) is 22.4. The van der Waals surface area contributed by atoms with Gasteiger partial charge in [0.25, 0.3) is 0 Å². The summed E-state index contributed by atoms with van der Waals surface area (Å²) in [5, 5.41) is 3.54. The van der Waals surface area contributed by atoms with E-state index in [2.05, 4.69) is 105 Å². The molecule has 3 aromatic carbocycles. The van der Waals surface area contributed by atoms with E-state index in [1.807, 2.05) is 12.4 Å². The highest BCUT2D eigenvalue weighted by Gasteiger charge is 2.38. The van der Waals surface area contributed by atoms with E-state index in [4.69, 9.17) is 9.98 Å². The molecule has 0 amide bonds. The lowest BCUT2D eigenvalue weighted by atomic mass is 9.93. The molecule has 4 aromatic rings. The molecule has 2 atom stereocenters. The van der Waals surface area contributed by atoms with E-state index in [1.165, 1.54) is 22.4 Å². The highest BCUT2D eigenvalue weighted by atomic mass is 15.1. The van der Waals surface area contributed by atoms with Gasteiger partial charge in [-0.25, -0.2) is 4.98 Å². The molecular formula is C30H34N4. The highest BCUT2D eigenvalue weighted by Crippen LogP contribution is 2.44. The summed E-state index contributed by atoms with van der Waals surface area (Å²) < 4.78 is 2.23. The van der Waals surface area contributed by atoms with Gasteiger partial charge in [-0.1, -0.05) is 70.2 Å². The summed E-state index contributed by atoms with van der Waals surface area (Å²) in [6.07, 6.45) is 3.01. The van der Waals surface area contributed by atoms with Gasteiger partial charge in [0.1, 0.15) is 5.82 Å². The van der Waals surface area contributed by atoms with Gasteiger partial charge in [-0.2, -0.15) is 0 Å². The standard InChI is InChI=1S/C30H34N4/c1-19(2)24-12-9-13-25(20(3)4)30(24)32-18-31-27-17-26(27)22-14-15-29-28(16-22)33-21(5)34(29)23-10-7-6-8-11-23/h6-16,18-20,26-27H,17H2,1-5H3,(H,31,32). The molecule has 0 bridgehead atoms. The van der Waals surface area contributed by atoms with E-state index in [9.17, 15) is 0 Å². The van der Waals surface area contributed by atoms with Crippen molar-refractivity contribution in [3.63, 3.8) is 0 Å². The summed E-state index contributed by atoms with van der Waals surface area (Å²) in [6, 6.07) is 24.1. The topological polar surface area (TPSA) is 42.2 Å². The summed E-state index contributed by atoms with van der Waals surface area (Å²) >= 11 is 0. The number of aryl methyl sites for hydroxylation is 1. The second-order valence-corrected chi connectivity index (χ2v) is 10.0. The lowest BCUT2D eigenvalue weighted by Gasteiger charge is -2.19. The Bertz CT molecular complexity index is 1300. The van der Waals surface area contributed by atoms with Crippen molar-refractivity contribution in [2.45, 2.75) is 64.8 Å². The minimum absolute atomic E-state index is 0.330. The van der Waals surface area contributed by atoms with Crippen LogP contribution in [0.25, 0.3) is 16.7 Å². The molecule has 1 aliphatic rings. The minimum atomic E-state index is 0.330. The second-order valence-electron chi connectivity index (χ2n) is 10.0. The van der Waals surface area contributed by atoms with Crippen LogP contribution in [0, 0.1) is 6.92 Å². The average Bonchev–Trinajstić information content (AvgIpc) is 3.52. The fourth-order valence-electron chi connectivity index (χ4n) is 4.97. The number of imidazole rings is 1. The number of hydrogen-bond acceptors (Lipinski definition) is 2. The molecule has 1 aromatic heterocycles. The molecule has 0 saturated heterocycles. The highest BCUT2D eigenvalue weighted by molar-refractivity contribution is 5.81. The Kier molecular flexibility index (Phi) is 5.99. The number of benzene rings is 3. The van der Waals surface area contributed by atoms with Crippen LogP contribution in [-0.2, 0) is 0 Å². The third-order valence-electron chi connectivity index (χ3n) is 6.89. The fraction of sp³-hybridized carbons (Fsp3) is 0.333. The largest absolute Gasteiger partial charge is 0.346 e. The fourth-order valence-corrected chi connectivity index (χ4v) is 4.97. The van der Waals surface area contributed by atoms with Crippen LogP contribution in [0.15, 0.2) is 71.7 Å².